The van der Waals surface area contributed by atoms with Gasteiger partial charge in [0.05, 0.1) is 27.3 Å². The third-order valence-electron chi connectivity index (χ3n) is 2.64. The largest absolute Gasteiger partial charge is 0.506 e. The van der Waals surface area contributed by atoms with E-state index in [1.807, 2.05) is 0 Å². The number of nitrogens with zero attached hydrogens (tertiary/aromatic N) is 3. The van der Waals surface area contributed by atoms with E-state index < -0.39 is 4.92 Å². The molecule has 0 aliphatic carbocycles. The van der Waals surface area contributed by atoms with E-state index in [1.54, 1.807) is 17.1 Å². The van der Waals surface area contributed by atoms with Crippen molar-refractivity contribution >= 4 is 33.2 Å². The Kier molecular flexibility index (Phi) is 4.53. The molecule has 1 amide bonds. The van der Waals surface area contributed by atoms with Crippen LogP contribution in [0.5, 0.6) is 5.75 Å². The van der Waals surface area contributed by atoms with Gasteiger partial charge in [-0.15, -0.1) is 0 Å². The molecule has 2 rings (SSSR count). The number of aromatic hydroxyl groups is 1. The van der Waals surface area contributed by atoms with Crippen molar-refractivity contribution in [1.82, 2.24) is 9.78 Å². The molecule has 1 heterocycles. The van der Waals surface area contributed by atoms with E-state index in [2.05, 4.69) is 26.3 Å². The fourth-order valence-corrected chi connectivity index (χ4v) is 1.96. The SMILES string of the molecule is O=C(CCn1cc(Br)cn1)Nc1ccc([N+](=O)[O-])cc1O. The van der Waals surface area contributed by atoms with Gasteiger partial charge in [0.2, 0.25) is 5.91 Å². The molecule has 2 N–H and O–H groups in total. The number of amides is 1. The molecule has 0 fully saturated rings. The van der Waals surface area contributed by atoms with E-state index in [4.69, 9.17) is 0 Å². The summed E-state index contributed by atoms with van der Waals surface area (Å²) in [6.45, 7) is 0.380. The molecule has 0 aliphatic heterocycles. The fourth-order valence-electron chi connectivity index (χ4n) is 1.63. The van der Waals surface area contributed by atoms with Crippen LogP contribution in [0.25, 0.3) is 0 Å². The highest BCUT2D eigenvalue weighted by atomic mass is 79.9. The summed E-state index contributed by atoms with van der Waals surface area (Å²) in [7, 11) is 0. The second-order valence-electron chi connectivity index (χ2n) is 4.18. The molecule has 2 aromatic rings. The Morgan fingerprint density at radius 2 is 2.29 bits per heavy atom. The van der Waals surface area contributed by atoms with E-state index in [1.165, 1.54) is 12.1 Å². The molecule has 21 heavy (non-hydrogen) atoms. The van der Waals surface area contributed by atoms with Crippen LogP contribution in [0.4, 0.5) is 11.4 Å². The van der Waals surface area contributed by atoms with Gasteiger partial charge in [-0.3, -0.25) is 19.6 Å². The Hall–Kier alpha value is -2.42. The van der Waals surface area contributed by atoms with Gasteiger partial charge in [0.25, 0.3) is 5.69 Å². The number of phenols is 1. The third-order valence-corrected chi connectivity index (χ3v) is 3.05. The van der Waals surface area contributed by atoms with Crippen molar-refractivity contribution in [3.8, 4) is 5.75 Å². The van der Waals surface area contributed by atoms with E-state index in [0.717, 1.165) is 10.5 Å². The number of carbonyl (C=O) groups excluding carboxylic acids is 1. The maximum Gasteiger partial charge on any atom is 0.273 e. The average Bonchev–Trinajstić information content (AvgIpc) is 2.84. The second-order valence-corrected chi connectivity index (χ2v) is 5.09. The molecular weight excluding hydrogens is 344 g/mol. The summed E-state index contributed by atoms with van der Waals surface area (Å²) in [5.41, 5.74) is -0.112. The second kappa shape index (κ2) is 6.35. The van der Waals surface area contributed by atoms with Crippen LogP contribution in [0.15, 0.2) is 35.1 Å². The van der Waals surface area contributed by atoms with Crippen LogP contribution in [0, 0.1) is 10.1 Å². The Morgan fingerprint density at radius 3 is 2.86 bits per heavy atom. The standard InChI is InChI=1S/C12H11BrN4O4/c13-8-6-14-16(7-8)4-3-12(19)15-10-2-1-9(17(20)21)5-11(10)18/h1-2,5-7,18H,3-4H2,(H,15,19). The van der Waals surface area contributed by atoms with Crippen molar-refractivity contribution in [3.63, 3.8) is 0 Å². The highest BCUT2D eigenvalue weighted by molar-refractivity contribution is 9.10. The molecule has 0 atom stereocenters. The van der Waals surface area contributed by atoms with Gasteiger partial charge in [-0.25, -0.2) is 0 Å². The molecule has 1 aromatic carbocycles. The van der Waals surface area contributed by atoms with Gasteiger partial charge in [0.1, 0.15) is 5.75 Å². The molecule has 0 aliphatic rings. The molecule has 110 valence electrons. The molecule has 0 unspecified atom stereocenters. The van der Waals surface area contributed by atoms with Crippen LogP contribution >= 0.6 is 15.9 Å². The summed E-state index contributed by atoms with van der Waals surface area (Å²) >= 11 is 3.25. The molecular formula is C12H11BrN4O4. The lowest BCUT2D eigenvalue weighted by Crippen LogP contribution is -2.14. The first-order valence-electron chi connectivity index (χ1n) is 5.91. The normalized spacial score (nSPS) is 10.3. The molecule has 1 aromatic heterocycles. The van der Waals surface area contributed by atoms with E-state index in [0.29, 0.717) is 6.54 Å². The zero-order valence-electron chi connectivity index (χ0n) is 10.7. The number of carbonyl (C=O) groups is 1. The molecule has 0 spiro atoms. The predicted octanol–water partition coefficient (Wildman–Crippen LogP) is 2.29. The quantitative estimate of drug-likeness (QED) is 0.486. The van der Waals surface area contributed by atoms with Gasteiger partial charge in [-0.2, -0.15) is 5.10 Å². The number of nitrogens with one attached hydrogen (secondary N) is 1. The molecule has 0 saturated heterocycles. The maximum absolute atomic E-state index is 11.8. The number of halogens is 1. The third kappa shape index (κ3) is 4.02. The van der Waals surface area contributed by atoms with Gasteiger partial charge in [-0.05, 0) is 22.0 Å². The van der Waals surface area contributed by atoms with Crippen molar-refractivity contribution in [3.05, 3.63) is 45.2 Å². The van der Waals surface area contributed by atoms with Crippen LogP contribution < -0.4 is 5.32 Å². The number of hydrogen-bond acceptors (Lipinski definition) is 5. The van der Waals surface area contributed by atoms with Gasteiger partial charge in [0.15, 0.2) is 0 Å². The molecule has 8 nitrogen and oxygen atoms in total. The van der Waals surface area contributed by atoms with Crippen molar-refractivity contribution in [1.29, 1.82) is 0 Å². The smallest absolute Gasteiger partial charge is 0.273 e. The highest BCUT2D eigenvalue weighted by Crippen LogP contribution is 2.27. The lowest BCUT2D eigenvalue weighted by atomic mass is 10.2. The number of phenolic OH excluding ortho intramolecular Hbond substituents is 1. The van der Waals surface area contributed by atoms with Gasteiger partial charge in [0, 0.05) is 25.2 Å². The predicted molar refractivity (Wildman–Crippen MR) is 77.9 cm³/mol. The number of aryl methyl sites for hydroxylation is 1. The van der Waals surface area contributed by atoms with Gasteiger partial charge >= 0.3 is 0 Å². The Morgan fingerprint density at radius 1 is 1.52 bits per heavy atom. The minimum absolute atomic E-state index is 0.132. The van der Waals surface area contributed by atoms with Crippen LogP contribution in [-0.4, -0.2) is 25.7 Å². The molecule has 9 heteroatoms. The first-order valence-corrected chi connectivity index (χ1v) is 6.70. The van der Waals surface area contributed by atoms with Crippen molar-refractivity contribution in [2.24, 2.45) is 0 Å². The number of benzene rings is 1. The summed E-state index contributed by atoms with van der Waals surface area (Å²) in [5.74, 6) is -0.676. The summed E-state index contributed by atoms with van der Waals surface area (Å²) in [6.07, 6.45) is 3.50. The first-order chi connectivity index (χ1) is 9.95. The lowest BCUT2D eigenvalue weighted by molar-refractivity contribution is -0.384. The number of hydrogen-bond donors (Lipinski definition) is 2. The van der Waals surface area contributed by atoms with Crippen LogP contribution in [0.3, 0.4) is 0 Å². The average molecular weight is 355 g/mol. The van der Waals surface area contributed by atoms with Crippen LogP contribution in [0.1, 0.15) is 6.42 Å². The number of anilines is 1. The summed E-state index contributed by atoms with van der Waals surface area (Å²) in [4.78, 5) is 21.7. The van der Waals surface area contributed by atoms with Crippen molar-refractivity contribution in [2.45, 2.75) is 13.0 Å². The molecule has 0 bridgehead atoms. The zero-order chi connectivity index (χ0) is 15.4. The van der Waals surface area contributed by atoms with Crippen molar-refractivity contribution < 1.29 is 14.8 Å². The minimum atomic E-state index is -0.624. The van der Waals surface area contributed by atoms with Gasteiger partial charge < -0.3 is 10.4 Å². The molecule has 0 saturated carbocycles. The highest BCUT2D eigenvalue weighted by Gasteiger charge is 2.12. The topological polar surface area (TPSA) is 110 Å². The number of rotatable bonds is 5. The Labute approximate surface area is 127 Å². The van der Waals surface area contributed by atoms with Crippen LogP contribution in [0.2, 0.25) is 0 Å². The van der Waals surface area contributed by atoms with Gasteiger partial charge in [-0.1, -0.05) is 0 Å². The van der Waals surface area contributed by atoms with E-state index >= 15 is 0 Å². The number of non-ortho nitro benzene ring substituents is 1. The lowest BCUT2D eigenvalue weighted by Gasteiger charge is -2.07. The first kappa shape index (κ1) is 15.0. The van der Waals surface area contributed by atoms with Crippen molar-refractivity contribution in [2.75, 3.05) is 5.32 Å². The minimum Gasteiger partial charge on any atom is -0.506 e. The Bertz CT molecular complexity index is 686. The van der Waals surface area contributed by atoms with Crippen LogP contribution in [-0.2, 0) is 11.3 Å². The number of aromatic nitrogens is 2. The van der Waals surface area contributed by atoms with E-state index in [-0.39, 0.29) is 29.5 Å². The summed E-state index contributed by atoms with van der Waals surface area (Å²) < 4.78 is 2.41. The molecule has 0 radical (unpaired) electrons. The fraction of sp³-hybridized carbons (Fsp3) is 0.167. The van der Waals surface area contributed by atoms with E-state index in [9.17, 15) is 20.0 Å². The summed E-state index contributed by atoms with van der Waals surface area (Å²) in [5, 5.41) is 26.7. The number of nitro benzene ring substituents is 1. The summed E-state index contributed by atoms with van der Waals surface area (Å²) in [6, 6.07) is 3.48. The number of nitro groups is 1. The maximum atomic E-state index is 11.8. The zero-order valence-corrected chi connectivity index (χ0v) is 12.3. The Balaban J connectivity index is 1.94. The monoisotopic (exact) mass is 354 g/mol.